The molecule has 1 aliphatic rings. The zero-order valence-electron chi connectivity index (χ0n) is 14.0. The zero-order chi connectivity index (χ0) is 17.1. The van der Waals surface area contributed by atoms with E-state index >= 15 is 0 Å². The monoisotopic (exact) mass is 357 g/mol. The van der Waals surface area contributed by atoms with Gasteiger partial charge in [0.05, 0.1) is 26.9 Å². The first-order valence-corrected chi connectivity index (χ1v) is 8.97. The van der Waals surface area contributed by atoms with E-state index in [4.69, 9.17) is 9.47 Å². The van der Waals surface area contributed by atoms with Gasteiger partial charge in [0.15, 0.2) is 5.82 Å². The average molecular weight is 357 g/mol. The highest BCUT2D eigenvalue weighted by Gasteiger charge is 2.16. The standard InChI is InChI=1S/C17H19N5O2S/c1-23-14-5-2-13(3-6-14)4-7-16-20-22-15(18-19-17(22)25-16)12-21-8-10-24-11-9-21/h2-7H,8-12H2,1H3/b7-4+. The number of benzene rings is 1. The van der Waals surface area contributed by atoms with Crippen LogP contribution >= 0.6 is 11.3 Å². The quantitative estimate of drug-likeness (QED) is 0.697. The van der Waals surface area contributed by atoms with Gasteiger partial charge in [0.2, 0.25) is 4.96 Å². The third kappa shape index (κ3) is 3.71. The number of nitrogens with zero attached hydrogens (tertiary/aromatic N) is 5. The molecule has 0 bridgehead atoms. The van der Waals surface area contributed by atoms with Crippen LogP contribution in [-0.2, 0) is 11.3 Å². The van der Waals surface area contributed by atoms with E-state index in [1.807, 2.05) is 40.9 Å². The maximum atomic E-state index is 5.38. The zero-order valence-corrected chi connectivity index (χ0v) is 14.8. The number of morpholine rings is 1. The van der Waals surface area contributed by atoms with Crippen LogP contribution in [0.4, 0.5) is 0 Å². The molecule has 0 aliphatic carbocycles. The van der Waals surface area contributed by atoms with Crippen molar-refractivity contribution in [2.45, 2.75) is 6.54 Å². The Kier molecular flexibility index (Phi) is 4.73. The molecule has 1 aromatic carbocycles. The maximum Gasteiger partial charge on any atom is 0.235 e. The molecule has 0 amide bonds. The summed E-state index contributed by atoms with van der Waals surface area (Å²) in [5.74, 6) is 1.72. The van der Waals surface area contributed by atoms with E-state index in [0.717, 1.165) is 60.0 Å². The van der Waals surface area contributed by atoms with E-state index < -0.39 is 0 Å². The van der Waals surface area contributed by atoms with Crippen LogP contribution in [0, 0.1) is 0 Å². The predicted octanol–water partition coefficient (Wildman–Crippen LogP) is 2.20. The van der Waals surface area contributed by atoms with E-state index in [1.165, 1.54) is 11.3 Å². The van der Waals surface area contributed by atoms with Gasteiger partial charge in [-0.1, -0.05) is 29.5 Å². The first kappa shape index (κ1) is 16.2. The summed E-state index contributed by atoms with van der Waals surface area (Å²) in [5.41, 5.74) is 1.10. The van der Waals surface area contributed by atoms with Crippen LogP contribution in [0.25, 0.3) is 17.1 Å². The highest BCUT2D eigenvalue weighted by atomic mass is 32.1. The van der Waals surface area contributed by atoms with Crippen molar-refractivity contribution in [1.29, 1.82) is 0 Å². The van der Waals surface area contributed by atoms with E-state index in [1.54, 1.807) is 7.11 Å². The van der Waals surface area contributed by atoms with E-state index in [9.17, 15) is 0 Å². The molecule has 0 spiro atoms. The van der Waals surface area contributed by atoms with Gasteiger partial charge >= 0.3 is 0 Å². The van der Waals surface area contributed by atoms with Gasteiger partial charge in [0, 0.05) is 13.1 Å². The topological polar surface area (TPSA) is 64.8 Å². The summed E-state index contributed by atoms with van der Waals surface area (Å²) in [6.07, 6.45) is 4.03. The minimum Gasteiger partial charge on any atom is -0.497 e. The lowest BCUT2D eigenvalue weighted by Crippen LogP contribution is -2.36. The number of hydrogen-bond acceptors (Lipinski definition) is 7. The van der Waals surface area contributed by atoms with Crippen LogP contribution in [0.5, 0.6) is 5.75 Å². The summed E-state index contributed by atoms with van der Waals surface area (Å²) in [4.78, 5) is 3.13. The Hall–Kier alpha value is -2.29. The Morgan fingerprint density at radius 2 is 1.96 bits per heavy atom. The molecule has 1 aliphatic heterocycles. The lowest BCUT2D eigenvalue weighted by Gasteiger charge is -2.25. The van der Waals surface area contributed by atoms with Crippen molar-refractivity contribution in [2.24, 2.45) is 0 Å². The molecule has 4 rings (SSSR count). The molecule has 2 aromatic heterocycles. The van der Waals surface area contributed by atoms with Crippen LogP contribution in [0.3, 0.4) is 0 Å². The fourth-order valence-corrected chi connectivity index (χ4v) is 3.44. The van der Waals surface area contributed by atoms with Gasteiger partial charge in [-0.3, -0.25) is 4.90 Å². The number of methoxy groups -OCH3 is 1. The van der Waals surface area contributed by atoms with Crippen molar-refractivity contribution < 1.29 is 9.47 Å². The van der Waals surface area contributed by atoms with Crippen LogP contribution < -0.4 is 4.74 Å². The highest BCUT2D eigenvalue weighted by molar-refractivity contribution is 7.17. The molecule has 1 saturated heterocycles. The molecular weight excluding hydrogens is 338 g/mol. The van der Waals surface area contributed by atoms with Gasteiger partial charge in [0.25, 0.3) is 0 Å². The first-order valence-electron chi connectivity index (χ1n) is 8.15. The third-order valence-corrected chi connectivity index (χ3v) is 4.94. The molecule has 25 heavy (non-hydrogen) atoms. The molecule has 0 N–H and O–H groups in total. The van der Waals surface area contributed by atoms with Crippen LogP contribution in [-0.4, -0.2) is 58.1 Å². The van der Waals surface area contributed by atoms with E-state index in [2.05, 4.69) is 20.2 Å². The molecule has 7 nitrogen and oxygen atoms in total. The van der Waals surface area contributed by atoms with E-state index in [0.29, 0.717) is 0 Å². The smallest absolute Gasteiger partial charge is 0.235 e. The van der Waals surface area contributed by atoms with Crippen LogP contribution in [0.15, 0.2) is 24.3 Å². The molecule has 3 aromatic rings. The Bertz CT molecular complexity index is 865. The van der Waals surface area contributed by atoms with Crippen molar-refractivity contribution in [1.82, 2.24) is 24.7 Å². The molecule has 0 atom stereocenters. The SMILES string of the molecule is COc1ccc(/C=C/c2nn3c(CN4CCOCC4)nnc3s2)cc1. The fraction of sp³-hybridized carbons (Fsp3) is 0.353. The average Bonchev–Trinajstić information content (AvgIpc) is 3.23. The van der Waals surface area contributed by atoms with Gasteiger partial charge in [-0.2, -0.15) is 9.61 Å². The van der Waals surface area contributed by atoms with Crippen molar-refractivity contribution in [3.05, 3.63) is 40.7 Å². The maximum absolute atomic E-state index is 5.38. The van der Waals surface area contributed by atoms with Crippen molar-refractivity contribution >= 4 is 28.4 Å². The lowest BCUT2D eigenvalue weighted by molar-refractivity contribution is 0.0328. The Labute approximate surface area is 149 Å². The van der Waals surface area contributed by atoms with Crippen LogP contribution in [0.2, 0.25) is 0 Å². The second-order valence-corrected chi connectivity index (χ2v) is 6.73. The summed E-state index contributed by atoms with van der Waals surface area (Å²) >= 11 is 1.53. The van der Waals surface area contributed by atoms with Crippen molar-refractivity contribution in [3.63, 3.8) is 0 Å². The minimum atomic E-state index is 0.746. The Morgan fingerprint density at radius 3 is 2.72 bits per heavy atom. The molecule has 130 valence electrons. The van der Waals surface area contributed by atoms with Gasteiger partial charge in [-0.15, -0.1) is 10.2 Å². The molecule has 0 radical (unpaired) electrons. The summed E-state index contributed by atoms with van der Waals surface area (Å²) in [5, 5.41) is 14.0. The lowest BCUT2D eigenvalue weighted by atomic mass is 10.2. The predicted molar refractivity (Wildman–Crippen MR) is 96.7 cm³/mol. The Balaban J connectivity index is 1.49. The molecular formula is C17H19N5O2S. The van der Waals surface area contributed by atoms with E-state index in [-0.39, 0.29) is 0 Å². The van der Waals surface area contributed by atoms with Crippen LogP contribution in [0.1, 0.15) is 16.4 Å². The van der Waals surface area contributed by atoms with Crippen molar-refractivity contribution in [3.8, 4) is 5.75 Å². The molecule has 0 unspecified atom stereocenters. The summed E-state index contributed by atoms with van der Waals surface area (Å²) in [6.45, 7) is 4.13. The number of aromatic nitrogens is 4. The largest absolute Gasteiger partial charge is 0.497 e. The molecule has 3 heterocycles. The summed E-state index contributed by atoms with van der Waals surface area (Å²) in [7, 11) is 1.67. The molecule has 1 fully saturated rings. The fourth-order valence-electron chi connectivity index (χ4n) is 2.68. The van der Waals surface area contributed by atoms with Gasteiger partial charge < -0.3 is 9.47 Å². The number of rotatable bonds is 5. The number of fused-ring (bicyclic) bond motifs is 1. The summed E-state index contributed by atoms with van der Waals surface area (Å²) < 4.78 is 12.4. The normalized spacial score (nSPS) is 16.0. The third-order valence-electron chi connectivity index (χ3n) is 4.07. The second kappa shape index (κ2) is 7.30. The molecule has 8 heteroatoms. The van der Waals surface area contributed by atoms with Crippen molar-refractivity contribution in [2.75, 3.05) is 33.4 Å². The number of ether oxygens (including phenoxy) is 2. The minimum absolute atomic E-state index is 0.746. The first-order chi connectivity index (χ1) is 12.3. The molecule has 0 saturated carbocycles. The second-order valence-electron chi connectivity index (χ2n) is 5.75. The van der Waals surface area contributed by atoms with Gasteiger partial charge in [-0.25, -0.2) is 0 Å². The summed E-state index contributed by atoms with van der Waals surface area (Å²) in [6, 6.07) is 7.91. The van der Waals surface area contributed by atoms with Gasteiger partial charge in [0.1, 0.15) is 10.8 Å². The Morgan fingerprint density at radius 1 is 1.16 bits per heavy atom. The number of hydrogen-bond donors (Lipinski definition) is 0. The highest BCUT2D eigenvalue weighted by Crippen LogP contribution is 2.19. The van der Waals surface area contributed by atoms with Gasteiger partial charge in [-0.05, 0) is 23.8 Å².